The molecule has 7 atom stereocenters. The highest BCUT2D eigenvalue weighted by atomic mass is 31.2. The number of phosphoric ester groups is 1. The molecule has 19 heteroatoms. The van der Waals surface area contributed by atoms with E-state index >= 15 is 0 Å². The minimum atomic E-state index is -4.74. The molecule has 3 aromatic rings. The van der Waals surface area contributed by atoms with Crippen molar-refractivity contribution in [2.24, 2.45) is 0 Å². The average molecular weight is 556 g/mol. The van der Waals surface area contributed by atoms with Crippen molar-refractivity contribution in [3.8, 4) is 0 Å². The van der Waals surface area contributed by atoms with E-state index in [1.807, 2.05) is 0 Å². The van der Waals surface area contributed by atoms with Gasteiger partial charge in [-0.25, -0.2) is 19.3 Å². The molecule has 0 radical (unpaired) electrons. The number of fused-ring (bicyclic) bond motifs is 1. The van der Waals surface area contributed by atoms with E-state index in [2.05, 4.69) is 24.9 Å². The van der Waals surface area contributed by atoms with Gasteiger partial charge in [-0.05, 0) is 6.92 Å². The quantitative estimate of drug-likeness (QED) is 0.190. The molecule has 5 rings (SSSR count). The van der Waals surface area contributed by atoms with Gasteiger partial charge in [0.15, 0.2) is 11.2 Å². The molecule has 0 bridgehead atoms. The smallest absolute Gasteiger partial charge is 0.394 e. The fraction of sp³-hybridized carbons (Fsp3) is 0.579. The first-order chi connectivity index (χ1) is 18.0. The van der Waals surface area contributed by atoms with E-state index in [1.165, 1.54) is 17.2 Å². The number of aliphatic hydroxyl groups excluding tert-OH is 2. The molecule has 2 aliphatic rings. The Labute approximate surface area is 212 Å². The summed E-state index contributed by atoms with van der Waals surface area (Å²) < 4.78 is 36.8. The van der Waals surface area contributed by atoms with Crippen molar-refractivity contribution >= 4 is 24.9 Å². The third-order valence-corrected chi connectivity index (χ3v) is 7.17. The number of aliphatic hydroxyl groups is 2. The molecule has 2 aliphatic heterocycles. The maximum Gasteiger partial charge on any atom is 0.472 e. The highest BCUT2D eigenvalue weighted by Crippen LogP contribution is 2.49. The van der Waals surface area contributed by atoms with E-state index < -0.39 is 69.2 Å². The number of nitrogens with two attached hydrogens (primary N) is 1. The van der Waals surface area contributed by atoms with Gasteiger partial charge < -0.3 is 30.3 Å². The largest absolute Gasteiger partial charge is 0.472 e. The summed E-state index contributed by atoms with van der Waals surface area (Å²) in [5, 5.41) is 20.1. The molecule has 3 aromatic heterocycles. The topological polar surface area (TPSA) is 252 Å². The Morgan fingerprint density at radius 1 is 1.16 bits per heavy atom. The number of H-pyrrole nitrogens is 1. The van der Waals surface area contributed by atoms with Crippen LogP contribution in [0.1, 0.15) is 31.1 Å². The zero-order valence-electron chi connectivity index (χ0n) is 19.9. The lowest BCUT2D eigenvalue weighted by atomic mass is 10.2. The number of nitrogen functional groups attached to an aromatic ring is 1. The fourth-order valence-corrected chi connectivity index (χ4v) is 5.28. The highest BCUT2D eigenvalue weighted by molar-refractivity contribution is 7.47. The molecule has 0 aromatic carbocycles. The van der Waals surface area contributed by atoms with Crippen molar-refractivity contribution in [3.05, 3.63) is 39.3 Å². The van der Waals surface area contributed by atoms with Gasteiger partial charge in [0.2, 0.25) is 5.95 Å². The number of imidazole rings is 1. The zero-order chi connectivity index (χ0) is 27.2. The van der Waals surface area contributed by atoms with Gasteiger partial charge in [0.1, 0.15) is 42.9 Å². The lowest BCUT2D eigenvalue weighted by Crippen LogP contribution is -2.29. The number of ether oxygens (including phenoxy) is 2. The summed E-state index contributed by atoms with van der Waals surface area (Å²) in [6, 6.07) is 0. The molecule has 206 valence electrons. The monoisotopic (exact) mass is 556 g/mol. The molecule has 3 unspecified atom stereocenters. The minimum absolute atomic E-state index is 0.0280. The first-order valence-electron chi connectivity index (χ1n) is 11.4. The molecular formula is C19H25N8O10P. The van der Waals surface area contributed by atoms with Crippen molar-refractivity contribution in [1.82, 2.24) is 34.1 Å². The van der Waals surface area contributed by atoms with Crippen LogP contribution in [0.4, 0.5) is 5.95 Å². The third kappa shape index (κ3) is 5.25. The summed E-state index contributed by atoms with van der Waals surface area (Å²) >= 11 is 0. The molecule has 6 N–H and O–H groups in total. The number of aromatic nitrogens is 7. The summed E-state index contributed by atoms with van der Waals surface area (Å²) in [4.78, 5) is 52.5. The standard InChI is InChI=1S/C19H25N8O10P/c1-8-21-6-27(19(31)23-8)14-3-10(11(4-28)35-14)37-38(32,33)34-5-12-9(29)2-13(36-12)26-7-22-15-16(26)24-18(20)25-17(15)30/h6-7,9-14,28-29H,2-5H2,1H3,(H,32,33)(H3,20,24,25,30)/t9-,10-,11?,12?,13-,14-/m1/s1. The number of nitrogens with one attached hydrogen (secondary N) is 1. The third-order valence-electron chi connectivity index (χ3n) is 6.15. The van der Waals surface area contributed by atoms with E-state index in [9.17, 15) is 29.3 Å². The van der Waals surface area contributed by atoms with Crippen molar-refractivity contribution < 1.29 is 38.2 Å². The van der Waals surface area contributed by atoms with Crippen LogP contribution in [0.25, 0.3) is 11.2 Å². The Morgan fingerprint density at radius 3 is 2.61 bits per heavy atom. The van der Waals surface area contributed by atoms with Gasteiger partial charge in [-0.15, -0.1) is 0 Å². The molecule has 0 spiro atoms. The number of anilines is 1. The molecule has 0 amide bonds. The molecule has 5 heterocycles. The number of hydrogen-bond donors (Lipinski definition) is 5. The fourth-order valence-electron chi connectivity index (χ4n) is 4.32. The Morgan fingerprint density at radius 2 is 1.87 bits per heavy atom. The van der Waals surface area contributed by atoms with Crippen LogP contribution >= 0.6 is 7.82 Å². The Hall–Kier alpha value is -3.09. The maximum atomic E-state index is 12.7. The van der Waals surface area contributed by atoms with Gasteiger partial charge in [0, 0.05) is 12.8 Å². The van der Waals surface area contributed by atoms with Crippen molar-refractivity contribution in [2.75, 3.05) is 18.9 Å². The van der Waals surface area contributed by atoms with Crippen molar-refractivity contribution in [2.45, 2.75) is 56.6 Å². The van der Waals surface area contributed by atoms with Crippen LogP contribution in [0.3, 0.4) is 0 Å². The number of aryl methyl sites for hydroxylation is 1. The first-order valence-corrected chi connectivity index (χ1v) is 12.9. The number of hydrogen-bond acceptors (Lipinski definition) is 14. The van der Waals surface area contributed by atoms with Crippen molar-refractivity contribution in [1.29, 1.82) is 0 Å². The van der Waals surface area contributed by atoms with Crippen LogP contribution in [-0.4, -0.2) is 86.8 Å². The van der Waals surface area contributed by atoms with Gasteiger partial charge in [-0.3, -0.25) is 28.0 Å². The van der Waals surface area contributed by atoms with E-state index in [4.69, 9.17) is 24.3 Å². The van der Waals surface area contributed by atoms with Crippen LogP contribution in [0.2, 0.25) is 0 Å². The molecule has 2 fully saturated rings. The maximum absolute atomic E-state index is 12.7. The summed E-state index contributed by atoms with van der Waals surface area (Å²) in [5.41, 5.74) is 4.60. The average Bonchev–Trinajstić information content (AvgIpc) is 3.54. The predicted molar refractivity (Wildman–Crippen MR) is 124 cm³/mol. The second kappa shape index (κ2) is 10.2. The highest BCUT2D eigenvalue weighted by Gasteiger charge is 2.43. The molecule has 18 nitrogen and oxygen atoms in total. The molecular weight excluding hydrogens is 531 g/mol. The van der Waals surface area contributed by atoms with E-state index in [-0.39, 0.29) is 35.8 Å². The number of nitrogens with zero attached hydrogens (tertiary/aromatic N) is 6. The number of rotatable bonds is 8. The Balaban J connectivity index is 1.22. The van der Waals surface area contributed by atoms with Crippen molar-refractivity contribution in [3.63, 3.8) is 0 Å². The van der Waals surface area contributed by atoms with Gasteiger partial charge in [0.25, 0.3) is 5.56 Å². The first kappa shape index (κ1) is 26.5. The van der Waals surface area contributed by atoms with Gasteiger partial charge >= 0.3 is 13.5 Å². The normalized spacial score (nSPS) is 29.2. The van der Waals surface area contributed by atoms with E-state index in [0.29, 0.717) is 0 Å². The molecule has 38 heavy (non-hydrogen) atoms. The summed E-state index contributed by atoms with van der Waals surface area (Å²) in [5.74, 6) is 0.137. The van der Waals surface area contributed by atoms with Crippen LogP contribution in [0.15, 0.2) is 22.2 Å². The number of aromatic amines is 1. The Bertz CT molecular complexity index is 1490. The molecule has 0 saturated carbocycles. The Kier molecular flexibility index (Phi) is 7.14. The lowest BCUT2D eigenvalue weighted by molar-refractivity contribution is -0.0565. The second-order valence-electron chi connectivity index (χ2n) is 8.76. The van der Waals surface area contributed by atoms with Crippen LogP contribution in [0, 0.1) is 6.92 Å². The summed E-state index contributed by atoms with van der Waals surface area (Å²) in [6.45, 7) is 0.455. The SMILES string of the molecule is Cc1ncn([C@H]2C[C@@H](OP(=O)(O)OCC3O[C@@H](n4cnc5c(=O)[nH]c(N)nc54)C[C@H]3O)C(CO)O2)c(=O)n1. The van der Waals surface area contributed by atoms with E-state index in [1.54, 1.807) is 6.92 Å². The van der Waals surface area contributed by atoms with Crippen LogP contribution in [0.5, 0.6) is 0 Å². The van der Waals surface area contributed by atoms with E-state index in [0.717, 1.165) is 4.57 Å². The van der Waals surface area contributed by atoms with Crippen LogP contribution < -0.4 is 17.0 Å². The minimum Gasteiger partial charge on any atom is -0.394 e. The molecule has 0 aliphatic carbocycles. The second-order valence-corrected chi connectivity index (χ2v) is 10.2. The van der Waals surface area contributed by atoms with Gasteiger partial charge in [-0.1, -0.05) is 0 Å². The summed E-state index contributed by atoms with van der Waals surface area (Å²) in [6.07, 6.45) is -3.53. The van der Waals surface area contributed by atoms with Gasteiger partial charge in [-0.2, -0.15) is 9.97 Å². The van der Waals surface area contributed by atoms with Crippen LogP contribution in [-0.2, 0) is 23.1 Å². The van der Waals surface area contributed by atoms with Gasteiger partial charge in [0.05, 0.1) is 25.6 Å². The zero-order valence-corrected chi connectivity index (χ0v) is 20.7. The lowest BCUT2D eigenvalue weighted by Gasteiger charge is -2.21. The summed E-state index contributed by atoms with van der Waals surface area (Å²) in [7, 11) is -4.74. The molecule has 2 saturated heterocycles. The number of phosphoric acid groups is 1. The predicted octanol–water partition coefficient (Wildman–Crippen LogP) is -1.91.